The number of aromatic nitrogens is 2. The van der Waals surface area contributed by atoms with E-state index in [4.69, 9.17) is 4.42 Å². The maximum Gasteiger partial charge on any atom is 0.318 e. The number of hydrogen-bond acceptors (Lipinski definition) is 5. The Balaban J connectivity index is 1.62. The van der Waals surface area contributed by atoms with Crippen molar-refractivity contribution >= 4 is 6.01 Å². The van der Waals surface area contributed by atoms with Gasteiger partial charge in [0, 0.05) is 19.1 Å². The maximum atomic E-state index is 5.73. The van der Waals surface area contributed by atoms with E-state index in [0.717, 1.165) is 13.1 Å². The van der Waals surface area contributed by atoms with E-state index in [-0.39, 0.29) is 0 Å². The number of nitrogens with one attached hydrogen (secondary N) is 1. The van der Waals surface area contributed by atoms with Crippen molar-refractivity contribution in [2.24, 2.45) is 0 Å². The molecule has 0 aliphatic heterocycles. The Hall–Kier alpha value is -1.88. The summed E-state index contributed by atoms with van der Waals surface area (Å²) >= 11 is 0. The van der Waals surface area contributed by atoms with E-state index in [2.05, 4.69) is 39.5 Å². The van der Waals surface area contributed by atoms with Crippen LogP contribution in [0.2, 0.25) is 0 Å². The molecule has 1 aromatic heterocycles. The molecule has 1 N–H and O–H groups in total. The average molecular weight is 272 g/mol. The molecule has 1 aliphatic carbocycles. The number of hydrogen-bond donors (Lipinski definition) is 1. The van der Waals surface area contributed by atoms with E-state index in [9.17, 15) is 0 Å². The topological polar surface area (TPSA) is 54.2 Å². The Kier molecular flexibility index (Phi) is 3.97. The molecule has 0 bridgehead atoms. The molecule has 0 amide bonds. The third kappa shape index (κ3) is 3.36. The molecule has 5 heteroatoms. The van der Waals surface area contributed by atoms with Crippen LogP contribution in [-0.2, 0) is 13.1 Å². The van der Waals surface area contributed by atoms with Crippen molar-refractivity contribution in [3.8, 4) is 0 Å². The normalized spacial score (nSPS) is 14.4. The van der Waals surface area contributed by atoms with Crippen LogP contribution in [0.3, 0.4) is 0 Å². The number of nitrogens with zero attached hydrogens (tertiary/aromatic N) is 3. The Labute approximate surface area is 119 Å². The highest BCUT2D eigenvalue weighted by molar-refractivity contribution is 5.28. The summed E-state index contributed by atoms with van der Waals surface area (Å²) in [5, 5.41) is 11.6. The molecule has 3 rings (SSSR count). The first-order valence-electron chi connectivity index (χ1n) is 7.20. The molecular formula is C15H20N4O. The first-order valence-corrected chi connectivity index (χ1v) is 7.20. The van der Waals surface area contributed by atoms with Crippen molar-refractivity contribution in [1.82, 2.24) is 15.5 Å². The van der Waals surface area contributed by atoms with Crippen LogP contribution in [0.15, 0.2) is 34.7 Å². The Morgan fingerprint density at radius 1 is 1.25 bits per heavy atom. The third-order valence-electron chi connectivity index (χ3n) is 3.44. The molecule has 0 radical (unpaired) electrons. The molecule has 0 saturated heterocycles. The molecule has 1 fully saturated rings. The molecule has 20 heavy (non-hydrogen) atoms. The van der Waals surface area contributed by atoms with E-state index in [1.54, 1.807) is 0 Å². The van der Waals surface area contributed by atoms with Crippen LogP contribution in [0.4, 0.5) is 6.01 Å². The van der Waals surface area contributed by atoms with Gasteiger partial charge in [-0.25, -0.2) is 0 Å². The minimum Gasteiger partial charge on any atom is -0.407 e. The third-order valence-corrected chi connectivity index (χ3v) is 3.44. The maximum absolute atomic E-state index is 5.73. The summed E-state index contributed by atoms with van der Waals surface area (Å²) in [6.07, 6.45) is 2.52. The second kappa shape index (κ2) is 6.05. The van der Waals surface area contributed by atoms with E-state index in [1.807, 2.05) is 18.2 Å². The van der Waals surface area contributed by atoms with Crippen LogP contribution in [0, 0.1) is 0 Å². The molecule has 1 aliphatic rings. The molecule has 1 saturated carbocycles. The smallest absolute Gasteiger partial charge is 0.318 e. The van der Waals surface area contributed by atoms with Crippen molar-refractivity contribution in [1.29, 1.82) is 0 Å². The molecule has 1 heterocycles. The van der Waals surface area contributed by atoms with Gasteiger partial charge in [0.25, 0.3) is 0 Å². The van der Waals surface area contributed by atoms with Crippen LogP contribution in [0.25, 0.3) is 0 Å². The van der Waals surface area contributed by atoms with Gasteiger partial charge in [0.1, 0.15) is 0 Å². The summed E-state index contributed by atoms with van der Waals surface area (Å²) in [7, 11) is 0. The molecule has 5 nitrogen and oxygen atoms in total. The van der Waals surface area contributed by atoms with Crippen LogP contribution in [-0.4, -0.2) is 22.8 Å². The zero-order valence-corrected chi connectivity index (χ0v) is 11.7. The highest BCUT2D eigenvalue weighted by Crippen LogP contribution is 2.20. The Morgan fingerprint density at radius 2 is 2.05 bits per heavy atom. The molecule has 0 atom stereocenters. The van der Waals surface area contributed by atoms with Crippen LogP contribution in [0.5, 0.6) is 0 Å². The lowest BCUT2D eigenvalue weighted by Crippen LogP contribution is -2.22. The van der Waals surface area contributed by atoms with Gasteiger partial charge in [0.15, 0.2) is 0 Å². The largest absolute Gasteiger partial charge is 0.407 e. The van der Waals surface area contributed by atoms with E-state index in [1.165, 1.54) is 18.4 Å². The monoisotopic (exact) mass is 272 g/mol. The zero-order chi connectivity index (χ0) is 13.8. The SMILES string of the molecule is CCN(Cc1ccccc1)c1nnc(CNC2CC2)o1. The van der Waals surface area contributed by atoms with Gasteiger partial charge >= 0.3 is 6.01 Å². The van der Waals surface area contributed by atoms with Gasteiger partial charge in [0.2, 0.25) is 5.89 Å². The molecular weight excluding hydrogens is 252 g/mol. The Morgan fingerprint density at radius 3 is 2.75 bits per heavy atom. The molecule has 2 aromatic rings. The number of anilines is 1. The van der Waals surface area contributed by atoms with Crippen molar-refractivity contribution < 1.29 is 4.42 Å². The Bertz CT molecular complexity index is 536. The lowest BCUT2D eigenvalue weighted by atomic mass is 10.2. The number of rotatable bonds is 7. The van der Waals surface area contributed by atoms with Crippen LogP contribution >= 0.6 is 0 Å². The molecule has 106 valence electrons. The first kappa shape index (κ1) is 13.1. The predicted molar refractivity (Wildman–Crippen MR) is 77.3 cm³/mol. The van der Waals surface area contributed by atoms with E-state index in [0.29, 0.717) is 24.5 Å². The van der Waals surface area contributed by atoms with Gasteiger partial charge in [0.05, 0.1) is 6.54 Å². The number of benzene rings is 1. The molecule has 0 unspecified atom stereocenters. The fourth-order valence-corrected chi connectivity index (χ4v) is 2.08. The van der Waals surface area contributed by atoms with Crippen LogP contribution < -0.4 is 10.2 Å². The van der Waals surface area contributed by atoms with E-state index >= 15 is 0 Å². The first-order chi connectivity index (χ1) is 9.85. The summed E-state index contributed by atoms with van der Waals surface area (Å²) < 4.78 is 5.73. The summed E-state index contributed by atoms with van der Waals surface area (Å²) in [5.41, 5.74) is 1.24. The minimum atomic E-state index is 0.601. The van der Waals surface area contributed by atoms with Gasteiger partial charge in [-0.05, 0) is 25.3 Å². The fraction of sp³-hybridized carbons (Fsp3) is 0.467. The fourth-order valence-electron chi connectivity index (χ4n) is 2.08. The van der Waals surface area contributed by atoms with E-state index < -0.39 is 0 Å². The summed E-state index contributed by atoms with van der Waals surface area (Å²) in [5.74, 6) is 0.665. The highest BCUT2D eigenvalue weighted by atomic mass is 16.4. The second-order valence-corrected chi connectivity index (χ2v) is 5.13. The lowest BCUT2D eigenvalue weighted by molar-refractivity contribution is 0.460. The molecule has 0 spiro atoms. The van der Waals surface area contributed by atoms with Crippen molar-refractivity contribution in [2.45, 2.75) is 38.9 Å². The zero-order valence-electron chi connectivity index (χ0n) is 11.7. The van der Waals surface area contributed by atoms with Gasteiger partial charge in [-0.15, -0.1) is 5.10 Å². The summed E-state index contributed by atoms with van der Waals surface area (Å²) in [6, 6.07) is 11.6. The lowest BCUT2D eigenvalue weighted by Gasteiger charge is -2.17. The van der Waals surface area contributed by atoms with Gasteiger partial charge in [-0.1, -0.05) is 35.4 Å². The van der Waals surface area contributed by atoms with Gasteiger partial charge in [-0.2, -0.15) is 0 Å². The van der Waals surface area contributed by atoms with Crippen molar-refractivity contribution in [2.75, 3.05) is 11.4 Å². The molecule has 1 aromatic carbocycles. The van der Waals surface area contributed by atoms with Crippen molar-refractivity contribution in [3.05, 3.63) is 41.8 Å². The second-order valence-electron chi connectivity index (χ2n) is 5.13. The van der Waals surface area contributed by atoms with Crippen LogP contribution in [0.1, 0.15) is 31.2 Å². The van der Waals surface area contributed by atoms with Gasteiger partial charge in [-0.3, -0.25) is 0 Å². The summed E-state index contributed by atoms with van der Waals surface area (Å²) in [4.78, 5) is 2.09. The van der Waals surface area contributed by atoms with Gasteiger partial charge < -0.3 is 14.6 Å². The minimum absolute atomic E-state index is 0.601. The average Bonchev–Trinajstić information content (AvgIpc) is 3.21. The standard InChI is InChI=1S/C15H20N4O/c1-2-19(11-12-6-4-3-5-7-12)15-18-17-14(20-15)10-16-13-8-9-13/h3-7,13,16H,2,8-11H2,1H3. The van der Waals surface area contributed by atoms with Crippen molar-refractivity contribution in [3.63, 3.8) is 0 Å². The predicted octanol–water partition coefficient (Wildman–Crippen LogP) is 2.35. The highest BCUT2D eigenvalue weighted by Gasteiger charge is 2.21. The quantitative estimate of drug-likeness (QED) is 0.838. The summed E-state index contributed by atoms with van der Waals surface area (Å²) in [6.45, 7) is 4.39.